The molecular formula is C20H32IN5OS. The summed E-state index contributed by atoms with van der Waals surface area (Å²) >= 11 is 1.63. The molecule has 1 aromatic heterocycles. The highest BCUT2D eigenvalue weighted by Gasteiger charge is 2.07. The lowest BCUT2D eigenvalue weighted by atomic mass is 10.0. The summed E-state index contributed by atoms with van der Waals surface area (Å²) in [6, 6.07) is 8.21. The maximum atomic E-state index is 5.96. The number of guanidine groups is 1. The van der Waals surface area contributed by atoms with Gasteiger partial charge in [-0.2, -0.15) is 0 Å². The number of thiazole rings is 1. The van der Waals surface area contributed by atoms with Crippen LogP contribution in [0, 0.1) is 0 Å². The lowest BCUT2D eigenvalue weighted by molar-refractivity contribution is 0.317. The van der Waals surface area contributed by atoms with Crippen LogP contribution in [0.15, 0.2) is 34.6 Å². The predicted molar refractivity (Wildman–Crippen MR) is 131 cm³/mol. The first-order valence-electron chi connectivity index (χ1n) is 9.36. The number of nitrogens with zero attached hydrogens (tertiary/aromatic N) is 3. The van der Waals surface area contributed by atoms with Crippen LogP contribution in [-0.2, 0) is 6.54 Å². The predicted octanol–water partition coefficient (Wildman–Crippen LogP) is 4.08. The third-order valence-electron chi connectivity index (χ3n) is 3.86. The van der Waals surface area contributed by atoms with E-state index in [2.05, 4.69) is 53.5 Å². The van der Waals surface area contributed by atoms with Gasteiger partial charge in [0, 0.05) is 26.0 Å². The fraction of sp³-hybridized carbons (Fsp3) is 0.500. The van der Waals surface area contributed by atoms with Crippen molar-refractivity contribution in [2.75, 3.05) is 38.7 Å². The van der Waals surface area contributed by atoms with Gasteiger partial charge in [0.15, 0.2) is 11.1 Å². The molecule has 0 unspecified atom stereocenters. The van der Waals surface area contributed by atoms with Crippen LogP contribution >= 0.6 is 35.3 Å². The summed E-state index contributed by atoms with van der Waals surface area (Å²) in [6.45, 7) is 9.03. The number of ether oxygens (including phenoxy) is 1. The molecule has 0 atom stereocenters. The molecule has 0 aliphatic heterocycles. The Kier molecular flexibility index (Phi) is 11.2. The van der Waals surface area contributed by atoms with Gasteiger partial charge in [-0.15, -0.1) is 35.3 Å². The number of rotatable bonds is 9. The fourth-order valence-electron chi connectivity index (χ4n) is 2.50. The van der Waals surface area contributed by atoms with E-state index in [-0.39, 0.29) is 24.0 Å². The Morgan fingerprint density at radius 2 is 2.00 bits per heavy atom. The monoisotopic (exact) mass is 517 g/mol. The summed E-state index contributed by atoms with van der Waals surface area (Å²) in [4.78, 5) is 11.2. The number of hydrogen-bond acceptors (Lipinski definition) is 5. The van der Waals surface area contributed by atoms with E-state index in [1.165, 1.54) is 5.56 Å². The Labute approximate surface area is 189 Å². The highest BCUT2D eigenvalue weighted by Crippen LogP contribution is 2.25. The van der Waals surface area contributed by atoms with Gasteiger partial charge in [0.2, 0.25) is 0 Å². The quantitative estimate of drug-likeness (QED) is 0.227. The minimum absolute atomic E-state index is 0. The number of halogens is 1. The van der Waals surface area contributed by atoms with E-state index in [1.54, 1.807) is 11.3 Å². The number of hydrogen-bond donors (Lipinski definition) is 2. The average molecular weight is 517 g/mol. The molecule has 8 heteroatoms. The van der Waals surface area contributed by atoms with E-state index in [0.717, 1.165) is 29.1 Å². The maximum Gasteiger partial charge on any atom is 0.191 e. The zero-order chi connectivity index (χ0) is 19.6. The number of anilines is 1. The first kappa shape index (κ1) is 24.5. The number of para-hydroxylation sites is 1. The first-order valence-corrected chi connectivity index (χ1v) is 10.2. The molecule has 2 N–H and O–H groups in total. The maximum absolute atomic E-state index is 5.96. The first-order chi connectivity index (χ1) is 13.0. The Hall–Kier alpha value is -1.55. The van der Waals surface area contributed by atoms with Crippen LogP contribution in [0.3, 0.4) is 0 Å². The molecule has 2 aromatic rings. The Balaban J connectivity index is 0.00000392. The molecule has 1 heterocycles. The van der Waals surface area contributed by atoms with Crippen molar-refractivity contribution in [3.05, 3.63) is 40.9 Å². The fourth-order valence-corrected chi connectivity index (χ4v) is 3.24. The van der Waals surface area contributed by atoms with Crippen molar-refractivity contribution in [2.24, 2.45) is 4.99 Å². The van der Waals surface area contributed by atoms with E-state index < -0.39 is 0 Å². The van der Waals surface area contributed by atoms with Crippen LogP contribution in [-0.4, -0.2) is 44.7 Å². The molecule has 0 fully saturated rings. The average Bonchev–Trinajstić information content (AvgIpc) is 3.12. The molecule has 28 heavy (non-hydrogen) atoms. The highest BCUT2D eigenvalue weighted by molar-refractivity contribution is 14.0. The van der Waals surface area contributed by atoms with Gasteiger partial charge in [0.25, 0.3) is 0 Å². The van der Waals surface area contributed by atoms with Crippen molar-refractivity contribution in [1.29, 1.82) is 0 Å². The molecular weight excluding hydrogens is 485 g/mol. The summed E-state index contributed by atoms with van der Waals surface area (Å²) < 4.78 is 5.96. The van der Waals surface area contributed by atoms with Crippen molar-refractivity contribution in [3.8, 4) is 5.75 Å². The second-order valence-corrected chi connectivity index (χ2v) is 7.52. The normalized spacial score (nSPS) is 11.1. The molecule has 0 saturated carbocycles. The summed E-state index contributed by atoms with van der Waals surface area (Å²) in [5, 5.41) is 9.62. The summed E-state index contributed by atoms with van der Waals surface area (Å²) in [5.41, 5.74) is 2.21. The third-order valence-corrected chi connectivity index (χ3v) is 4.92. The standard InChI is InChI=1S/C20H31N5OS.HI/c1-6-21-19(23-13-16-14-27-20(24-16)25(4)5)22-11-12-26-18-10-8-7-9-17(18)15(2)3;/h7-10,14-15H,6,11-13H2,1-5H3,(H2,21,22,23);1H. The van der Waals surface area contributed by atoms with Crippen LogP contribution in [0.4, 0.5) is 5.13 Å². The van der Waals surface area contributed by atoms with Crippen molar-refractivity contribution in [1.82, 2.24) is 15.6 Å². The Bertz CT molecular complexity index is 733. The molecule has 2 rings (SSSR count). The van der Waals surface area contributed by atoms with Crippen molar-refractivity contribution >= 4 is 46.4 Å². The second-order valence-electron chi connectivity index (χ2n) is 6.68. The van der Waals surface area contributed by atoms with E-state index in [9.17, 15) is 0 Å². The number of benzene rings is 1. The molecule has 0 amide bonds. The van der Waals surface area contributed by atoms with Gasteiger partial charge >= 0.3 is 0 Å². The molecule has 0 radical (unpaired) electrons. The van der Waals surface area contributed by atoms with E-state index in [0.29, 0.717) is 25.6 Å². The lowest BCUT2D eigenvalue weighted by Gasteiger charge is -2.15. The summed E-state index contributed by atoms with van der Waals surface area (Å²) in [7, 11) is 3.99. The SMILES string of the molecule is CCNC(=NCc1csc(N(C)C)n1)NCCOc1ccccc1C(C)C.I. The van der Waals surface area contributed by atoms with Crippen molar-refractivity contribution in [3.63, 3.8) is 0 Å². The molecule has 6 nitrogen and oxygen atoms in total. The number of aliphatic imine (C=N–C) groups is 1. The van der Waals surface area contributed by atoms with Crippen molar-refractivity contribution < 1.29 is 4.74 Å². The van der Waals surface area contributed by atoms with Crippen molar-refractivity contribution in [2.45, 2.75) is 33.2 Å². The van der Waals surface area contributed by atoms with E-state index >= 15 is 0 Å². The van der Waals surface area contributed by atoms with Gasteiger partial charge < -0.3 is 20.3 Å². The molecule has 0 saturated heterocycles. The molecule has 1 aromatic carbocycles. The molecule has 0 bridgehead atoms. The second kappa shape index (κ2) is 12.8. The van der Waals surface area contributed by atoms with Gasteiger partial charge in [-0.1, -0.05) is 32.0 Å². The third kappa shape index (κ3) is 7.83. The molecule has 0 spiro atoms. The van der Waals surface area contributed by atoms with Gasteiger partial charge in [0.1, 0.15) is 12.4 Å². The Morgan fingerprint density at radius 3 is 2.64 bits per heavy atom. The van der Waals surface area contributed by atoms with Gasteiger partial charge in [0.05, 0.1) is 18.8 Å². The zero-order valence-electron chi connectivity index (χ0n) is 17.4. The smallest absolute Gasteiger partial charge is 0.191 e. The Morgan fingerprint density at radius 1 is 1.25 bits per heavy atom. The van der Waals surface area contributed by atoms with Crippen LogP contribution in [0.2, 0.25) is 0 Å². The summed E-state index contributed by atoms with van der Waals surface area (Å²) in [6.07, 6.45) is 0. The van der Waals surface area contributed by atoms with E-state index in [4.69, 9.17) is 4.74 Å². The number of nitrogens with one attached hydrogen (secondary N) is 2. The zero-order valence-corrected chi connectivity index (χ0v) is 20.5. The van der Waals surface area contributed by atoms with Crippen LogP contribution in [0.5, 0.6) is 5.75 Å². The molecule has 156 valence electrons. The molecule has 0 aliphatic rings. The summed E-state index contributed by atoms with van der Waals surface area (Å²) in [5.74, 6) is 2.17. The van der Waals surface area contributed by atoms with Crippen LogP contribution in [0.1, 0.15) is 37.9 Å². The van der Waals surface area contributed by atoms with Gasteiger partial charge in [-0.25, -0.2) is 9.98 Å². The highest BCUT2D eigenvalue weighted by atomic mass is 127. The molecule has 0 aliphatic carbocycles. The van der Waals surface area contributed by atoms with Crippen LogP contribution in [0.25, 0.3) is 0 Å². The van der Waals surface area contributed by atoms with E-state index in [1.807, 2.05) is 36.5 Å². The van der Waals surface area contributed by atoms with Gasteiger partial charge in [-0.3, -0.25) is 0 Å². The number of aromatic nitrogens is 1. The largest absolute Gasteiger partial charge is 0.491 e. The minimum Gasteiger partial charge on any atom is -0.491 e. The lowest BCUT2D eigenvalue weighted by Crippen LogP contribution is -2.39. The topological polar surface area (TPSA) is 61.8 Å². The minimum atomic E-state index is 0. The van der Waals surface area contributed by atoms with Gasteiger partial charge in [-0.05, 0) is 24.5 Å². The van der Waals surface area contributed by atoms with Crippen LogP contribution < -0.4 is 20.3 Å².